The van der Waals surface area contributed by atoms with E-state index in [4.69, 9.17) is 9.85 Å². The topological polar surface area (TPSA) is 116 Å². The molecule has 41 heavy (non-hydrogen) atoms. The molecule has 11 heteroatoms. The summed E-state index contributed by atoms with van der Waals surface area (Å²) in [5.41, 5.74) is 8.69. The molecule has 0 saturated heterocycles. The number of fused-ring (bicyclic) bond motifs is 5. The maximum Gasteiger partial charge on any atom is 0.408 e. The molecule has 6 rings (SSSR count). The summed E-state index contributed by atoms with van der Waals surface area (Å²) in [7, 11) is 0. The molecule has 1 amide bonds. The molecule has 2 aliphatic carbocycles. The van der Waals surface area contributed by atoms with Gasteiger partial charge in [0.25, 0.3) is 0 Å². The van der Waals surface area contributed by atoms with Crippen molar-refractivity contribution in [1.29, 1.82) is 0 Å². The van der Waals surface area contributed by atoms with Gasteiger partial charge in [0.1, 0.15) is 12.1 Å². The van der Waals surface area contributed by atoms with Gasteiger partial charge in [0.05, 0.1) is 6.04 Å². The third-order valence-corrected chi connectivity index (χ3v) is 10.1. The van der Waals surface area contributed by atoms with E-state index in [1.54, 1.807) is 25.6 Å². The van der Waals surface area contributed by atoms with Crippen molar-refractivity contribution < 1.29 is 19.4 Å². The number of nitrogens with one attached hydrogen (secondary N) is 2. The molecular weight excluding hydrogens is 606 g/mol. The number of halogens is 1. The number of aryl methyl sites for hydroxylation is 1. The minimum atomic E-state index is -1.10. The highest BCUT2D eigenvalue weighted by atomic mass is 79.9. The molecular formula is C30H30BrN5O4S. The number of alkyl carbamates (subject to hydrolysis) is 1. The van der Waals surface area contributed by atoms with Gasteiger partial charge in [-0.2, -0.15) is 5.01 Å². The molecule has 212 valence electrons. The van der Waals surface area contributed by atoms with Crippen molar-refractivity contribution in [3.05, 3.63) is 87.4 Å². The Labute approximate surface area is 250 Å². The van der Waals surface area contributed by atoms with E-state index in [0.29, 0.717) is 6.42 Å². The fourth-order valence-electron chi connectivity index (χ4n) is 5.68. The van der Waals surface area contributed by atoms with Gasteiger partial charge in [-0.05, 0) is 57.1 Å². The van der Waals surface area contributed by atoms with E-state index in [1.807, 2.05) is 35.3 Å². The second-order valence-corrected chi connectivity index (χ2v) is 12.7. The molecule has 1 saturated carbocycles. The largest absolute Gasteiger partial charge is 0.480 e. The van der Waals surface area contributed by atoms with Gasteiger partial charge in [0.2, 0.25) is 5.66 Å². The van der Waals surface area contributed by atoms with Gasteiger partial charge in [-0.1, -0.05) is 73.7 Å². The number of benzene rings is 3. The molecule has 1 heterocycles. The lowest BCUT2D eigenvalue weighted by Gasteiger charge is -2.33. The zero-order valence-electron chi connectivity index (χ0n) is 22.8. The van der Waals surface area contributed by atoms with Crippen LogP contribution in [0.1, 0.15) is 42.5 Å². The van der Waals surface area contributed by atoms with Crippen LogP contribution < -0.4 is 10.9 Å². The molecule has 3 unspecified atom stereocenters. The summed E-state index contributed by atoms with van der Waals surface area (Å²) in [6.45, 7) is 5.60. The highest BCUT2D eigenvalue weighted by Gasteiger charge is 2.61. The first-order chi connectivity index (χ1) is 19.7. The maximum absolute atomic E-state index is 12.6. The molecule has 4 atom stereocenters. The van der Waals surface area contributed by atoms with Crippen LogP contribution in [0, 0.1) is 12.8 Å². The Kier molecular flexibility index (Phi) is 7.29. The van der Waals surface area contributed by atoms with Crippen molar-refractivity contribution in [3.63, 3.8) is 0 Å². The number of rotatable bonds is 8. The molecule has 1 fully saturated rings. The number of aliphatic carboxylic acids is 1. The van der Waals surface area contributed by atoms with Crippen LogP contribution in [0.2, 0.25) is 0 Å². The number of hydrogen-bond acceptors (Lipinski definition) is 8. The summed E-state index contributed by atoms with van der Waals surface area (Å²) in [5, 5.41) is 23.0. The fourth-order valence-corrected chi connectivity index (χ4v) is 7.84. The fraction of sp³-hybridized carbons (Fsp3) is 0.333. The predicted octanol–water partition coefficient (Wildman–Crippen LogP) is 6.40. The smallest absolute Gasteiger partial charge is 0.408 e. The average molecular weight is 637 g/mol. The molecule has 0 aromatic heterocycles. The van der Waals surface area contributed by atoms with Crippen LogP contribution in [-0.4, -0.2) is 40.4 Å². The lowest BCUT2D eigenvalue weighted by Crippen LogP contribution is -2.49. The van der Waals surface area contributed by atoms with E-state index < -0.39 is 29.9 Å². The summed E-state index contributed by atoms with van der Waals surface area (Å²) < 4.78 is 6.63. The van der Waals surface area contributed by atoms with E-state index >= 15 is 0 Å². The van der Waals surface area contributed by atoms with Crippen LogP contribution >= 0.6 is 27.7 Å². The maximum atomic E-state index is 12.6. The SMILES string of the molecule is Cc1cc2c(c(Br)c1SCc1ccccc1)C1(N=NNN1C1CC1OC(=O)N[C@H](C(=O)O)C(C)C)c1ccccc1-2. The van der Waals surface area contributed by atoms with Crippen LogP contribution in [0.15, 0.2) is 80.4 Å². The molecule has 3 aliphatic rings. The zero-order valence-corrected chi connectivity index (χ0v) is 25.2. The Morgan fingerprint density at radius 2 is 1.93 bits per heavy atom. The Hall–Kier alpha value is -3.41. The van der Waals surface area contributed by atoms with Gasteiger partial charge in [0, 0.05) is 32.7 Å². The Morgan fingerprint density at radius 1 is 1.20 bits per heavy atom. The third kappa shape index (κ3) is 4.79. The van der Waals surface area contributed by atoms with Crippen molar-refractivity contribution in [2.24, 2.45) is 16.3 Å². The first kappa shape index (κ1) is 27.7. The lowest BCUT2D eigenvalue weighted by molar-refractivity contribution is -0.140. The van der Waals surface area contributed by atoms with Gasteiger partial charge in [0.15, 0.2) is 0 Å². The van der Waals surface area contributed by atoms with E-state index in [-0.39, 0.29) is 12.0 Å². The Balaban J connectivity index is 1.32. The first-order valence-electron chi connectivity index (χ1n) is 13.5. The molecule has 0 bridgehead atoms. The number of nitrogens with zero attached hydrogens (tertiary/aromatic N) is 3. The summed E-state index contributed by atoms with van der Waals surface area (Å²) in [6, 6.07) is 19.5. The number of hydrazine groups is 1. The quantitative estimate of drug-likeness (QED) is 0.245. The van der Waals surface area contributed by atoms with Crippen molar-refractivity contribution >= 4 is 39.8 Å². The second kappa shape index (κ2) is 10.8. The van der Waals surface area contributed by atoms with Crippen molar-refractivity contribution in [3.8, 4) is 11.1 Å². The number of thioether (sulfide) groups is 1. The van der Waals surface area contributed by atoms with Crippen LogP contribution in [0.3, 0.4) is 0 Å². The summed E-state index contributed by atoms with van der Waals surface area (Å²) in [5.74, 6) is -0.552. The van der Waals surface area contributed by atoms with E-state index in [0.717, 1.165) is 37.4 Å². The van der Waals surface area contributed by atoms with Crippen LogP contribution in [0.5, 0.6) is 0 Å². The lowest BCUT2D eigenvalue weighted by atomic mass is 9.96. The number of carbonyl (C=O) groups is 2. The predicted molar refractivity (Wildman–Crippen MR) is 159 cm³/mol. The Bertz CT molecular complexity index is 1550. The number of carboxylic acids is 1. The zero-order chi connectivity index (χ0) is 28.9. The summed E-state index contributed by atoms with van der Waals surface area (Å²) in [4.78, 5) is 25.3. The summed E-state index contributed by atoms with van der Waals surface area (Å²) in [6.07, 6.45) is -0.635. The number of hydrogen-bond donors (Lipinski definition) is 3. The highest BCUT2D eigenvalue weighted by molar-refractivity contribution is 9.10. The van der Waals surface area contributed by atoms with E-state index in [1.165, 1.54) is 11.1 Å². The second-order valence-electron chi connectivity index (χ2n) is 10.9. The van der Waals surface area contributed by atoms with Crippen molar-refractivity contribution in [2.45, 2.75) is 61.7 Å². The van der Waals surface area contributed by atoms with Gasteiger partial charge in [-0.15, -0.1) is 16.9 Å². The Morgan fingerprint density at radius 3 is 2.66 bits per heavy atom. The molecule has 1 aliphatic heterocycles. The van der Waals surface area contributed by atoms with Crippen LogP contribution in [-0.2, 0) is 20.9 Å². The minimum Gasteiger partial charge on any atom is -0.480 e. The average Bonchev–Trinajstić information content (AvgIpc) is 3.46. The monoisotopic (exact) mass is 635 g/mol. The number of carbonyl (C=O) groups excluding carboxylic acids is 1. The van der Waals surface area contributed by atoms with Gasteiger partial charge < -0.3 is 15.2 Å². The van der Waals surface area contributed by atoms with Gasteiger partial charge >= 0.3 is 12.1 Å². The molecule has 3 aromatic rings. The van der Waals surface area contributed by atoms with E-state index in [9.17, 15) is 14.7 Å². The third-order valence-electron chi connectivity index (χ3n) is 7.77. The first-order valence-corrected chi connectivity index (χ1v) is 15.3. The number of amides is 1. The van der Waals surface area contributed by atoms with Crippen LogP contribution in [0.25, 0.3) is 11.1 Å². The number of ether oxygens (including phenoxy) is 1. The highest BCUT2D eigenvalue weighted by Crippen LogP contribution is 2.59. The summed E-state index contributed by atoms with van der Waals surface area (Å²) >= 11 is 5.75. The van der Waals surface area contributed by atoms with Crippen molar-refractivity contribution in [1.82, 2.24) is 15.9 Å². The molecule has 9 nitrogen and oxygen atoms in total. The number of carboxylic acid groups (broad SMARTS) is 1. The van der Waals surface area contributed by atoms with E-state index in [2.05, 4.69) is 69.3 Å². The van der Waals surface area contributed by atoms with Crippen LogP contribution in [0.4, 0.5) is 4.79 Å². The minimum absolute atomic E-state index is 0.217. The molecule has 0 radical (unpaired) electrons. The van der Waals surface area contributed by atoms with Crippen molar-refractivity contribution in [2.75, 3.05) is 0 Å². The molecule has 3 N–H and O–H groups in total. The molecule has 1 spiro atoms. The normalized spacial score (nSPS) is 22.8. The standard InChI is InChI=1S/C30H30BrN5O4S/c1-16(2)26(28(37)38)32-29(39)40-23-14-22(23)36-30(33-34-35-36)21-12-8-7-11-19(21)20-13-17(3)27(25(31)24(20)30)41-15-18-9-5-4-6-10-18/h4-13,16,22-23,26H,14-15H2,1-3H3,(H,32,39)(H,33,35)(H,37,38)/t22?,23?,26-,30?/m0/s1. The van der Waals surface area contributed by atoms with Gasteiger partial charge in [-0.25, -0.2) is 15.1 Å². The molecule has 3 aromatic carbocycles. The van der Waals surface area contributed by atoms with Gasteiger partial charge in [-0.3, -0.25) is 0 Å².